The van der Waals surface area contributed by atoms with Gasteiger partial charge in [0.05, 0.1) is 17.3 Å². The van der Waals surface area contributed by atoms with Crippen molar-refractivity contribution in [3.05, 3.63) is 23.8 Å². The minimum atomic E-state index is -0.456. The molecule has 23 heavy (non-hydrogen) atoms. The van der Waals surface area contributed by atoms with Gasteiger partial charge in [0, 0.05) is 5.69 Å². The fourth-order valence-corrected chi connectivity index (χ4v) is 2.35. The third kappa shape index (κ3) is 3.87. The molecule has 1 heterocycles. The molecular formula is C17H26BNO4. The molecule has 1 aliphatic heterocycles. The topological polar surface area (TPSA) is 56.8 Å². The molecule has 1 fully saturated rings. The van der Waals surface area contributed by atoms with Crippen LogP contribution in [0.4, 0.5) is 10.5 Å². The van der Waals surface area contributed by atoms with Crippen molar-refractivity contribution in [2.24, 2.45) is 0 Å². The van der Waals surface area contributed by atoms with Crippen LogP contribution < -0.4 is 10.8 Å². The minimum absolute atomic E-state index is 0.153. The van der Waals surface area contributed by atoms with Crippen molar-refractivity contribution in [2.75, 3.05) is 5.32 Å². The van der Waals surface area contributed by atoms with Crippen molar-refractivity contribution in [1.29, 1.82) is 0 Å². The Morgan fingerprint density at radius 2 is 1.74 bits per heavy atom. The van der Waals surface area contributed by atoms with Crippen molar-refractivity contribution < 1.29 is 18.8 Å². The molecule has 0 atom stereocenters. The molecule has 0 saturated carbocycles. The molecule has 126 valence electrons. The van der Waals surface area contributed by atoms with Crippen LogP contribution in [-0.2, 0) is 14.0 Å². The third-order valence-corrected chi connectivity index (χ3v) is 4.37. The Morgan fingerprint density at radius 3 is 2.22 bits per heavy atom. The first-order chi connectivity index (χ1) is 10.5. The van der Waals surface area contributed by atoms with Crippen molar-refractivity contribution in [1.82, 2.24) is 0 Å². The molecule has 0 bridgehead atoms. The van der Waals surface area contributed by atoms with Crippen LogP contribution in [0.1, 0.15) is 47.1 Å². The smallest absolute Gasteiger partial charge is 0.447 e. The number of carbonyl (C=O) groups is 1. The van der Waals surface area contributed by atoms with Gasteiger partial charge in [-0.25, -0.2) is 4.79 Å². The van der Waals surface area contributed by atoms with E-state index in [1.54, 1.807) is 0 Å². The number of carbonyl (C=O) groups excluding carboxylic acids is 1. The Hall–Kier alpha value is -1.53. The van der Waals surface area contributed by atoms with E-state index in [4.69, 9.17) is 14.0 Å². The van der Waals surface area contributed by atoms with Crippen LogP contribution in [-0.4, -0.2) is 30.5 Å². The summed E-state index contributed by atoms with van der Waals surface area (Å²) in [5.74, 6) is 0. The third-order valence-electron chi connectivity index (χ3n) is 4.37. The van der Waals surface area contributed by atoms with Gasteiger partial charge in [-0.3, -0.25) is 5.32 Å². The highest BCUT2D eigenvalue weighted by Gasteiger charge is 2.52. The number of amides is 1. The lowest BCUT2D eigenvalue weighted by atomic mass is 9.76. The lowest BCUT2D eigenvalue weighted by Gasteiger charge is -2.32. The Bertz CT molecular complexity index is 582. The Morgan fingerprint density at radius 1 is 1.17 bits per heavy atom. The summed E-state index contributed by atoms with van der Waals surface area (Å²) in [5, 5.41) is 2.72. The number of ether oxygens (including phenoxy) is 1. The van der Waals surface area contributed by atoms with Gasteiger partial charge < -0.3 is 14.0 Å². The summed E-state index contributed by atoms with van der Waals surface area (Å²) in [6.07, 6.45) is -0.608. The van der Waals surface area contributed by atoms with Crippen molar-refractivity contribution in [3.8, 4) is 0 Å². The molecule has 1 N–H and O–H groups in total. The summed E-state index contributed by atoms with van der Waals surface area (Å²) in [6, 6.07) is 5.64. The lowest BCUT2D eigenvalue weighted by Crippen LogP contribution is -2.41. The van der Waals surface area contributed by atoms with Gasteiger partial charge in [-0.15, -0.1) is 0 Å². The van der Waals surface area contributed by atoms with E-state index in [1.807, 2.05) is 66.7 Å². The van der Waals surface area contributed by atoms with Crippen molar-refractivity contribution in [3.63, 3.8) is 0 Å². The Balaban J connectivity index is 2.13. The zero-order chi connectivity index (χ0) is 17.4. The van der Waals surface area contributed by atoms with Crippen LogP contribution in [0.15, 0.2) is 18.2 Å². The maximum atomic E-state index is 11.7. The van der Waals surface area contributed by atoms with E-state index in [0.29, 0.717) is 5.69 Å². The summed E-state index contributed by atoms with van der Waals surface area (Å²) in [6.45, 7) is 13.7. The minimum Gasteiger partial charge on any atom is -0.447 e. The molecular weight excluding hydrogens is 293 g/mol. The molecule has 0 aliphatic carbocycles. The highest BCUT2D eigenvalue weighted by molar-refractivity contribution is 6.62. The molecule has 0 spiro atoms. The van der Waals surface area contributed by atoms with Gasteiger partial charge in [-0.05, 0) is 71.6 Å². The fraction of sp³-hybridized carbons (Fsp3) is 0.588. The van der Waals surface area contributed by atoms with E-state index in [9.17, 15) is 4.79 Å². The van der Waals surface area contributed by atoms with Gasteiger partial charge in [-0.1, -0.05) is 6.07 Å². The van der Waals surface area contributed by atoms with Gasteiger partial charge in [0.2, 0.25) is 0 Å². The van der Waals surface area contributed by atoms with E-state index >= 15 is 0 Å². The molecule has 2 rings (SSSR count). The van der Waals surface area contributed by atoms with E-state index in [0.717, 1.165) is 11.0 Å². The second-order valence-corrected chi connectivity index (χ2v) is 7.24. The maximum absolute atomic E-state index is 11.7. The molecule has 0 unspecified atom stereocenters. The van der Waals surface area contributed by atoms with Gasteiger partial charge in [0.15, 0.2) is 0 Å². The second kappa shape index (κ2) is 6.17. The van der Waals surface area contributed by atoms with Crippen LogP contribution in [0.2, 0.25) is 0 Å². The van der Waals surface area contributed by atoms with E-state index in [2.05, 4.69) is 5.32 Å². The average molecular weight is 319 g/mol. The summed E-state index contributed by atoms with van der Waals surface area (Å²) >= 11 is 0. The summed E-state index contributed by atoms with van der Waals surface area (Å²) in [5.41, 5.74) is 1.90. The standard InChI is InChI=1S/C17H26BNO4/c1-11(2)21-15(20)19-13-8-9-14(12(3)10-13)18-22-16(4,5)17(6,7)23-18/h8-11H,1-7H3,(H,19,20). The molecule has 0 aromatic heterocycles. The van der Waals surface area contributed by atoms with E-state index in [1.165, 1.54) is 0 Å². The van der Waals surface area contributed by atoms with Crippen LogP contribution in [0.3, 0.4) is 0 Å². The zero-order valence-corrected chi connectivity index (χ0v) is 15.0. The van der Waals surface area contributed by atoms with E-state index in [-0.39, 0.29) is 17.3 Å². The number of hydrogen-bond donors (Lipinski definition) is 1. The highest BCUT2D eigenvalue weighted by atomic mass is 16.7. The van der Waals surface area contributed by atoms with E-state index < -0.39 is 13.2 Å². The summed E-state index contributed by atoms with van der Waals surface area (Å²) in [7, 11) is -0.406. The lowest BCUT2D eigenvalue weighted by molar-refractivity contribution is 0.00578. The normalized spacial score (nSPS) is 19.0. The quantitative estimate of drug-likeness (QED) is 0.869. The largest absolute Gasteiger partial charge is 0.495 e. The highest BCUT2D eigenvalue weighted by Crippen LogP contribution is 2.36. The predicted molar refractivity (Wildman–Crippen MR) is 92.1 cm³/mol. The van der Waals surface area contributed by atoms with Crippen molar-refractivity contribution >= 4 is 24.4 Å². The molecule has 5 nitrogen and oxygen atoms in total. The number of anilines is 1. The van der Waals surface area contributed by atoms with Crippen LogP contribution in [0.25, 0.3) is 0 Å². The molecule has 0 radical (unpaired) electrons. The van der Waals surface area contributed by atoms with Crippen LogP contribution in [0, 0.1) is 6.92 Å². The first-order valence-corrected chi connectivity index (χ1v) is 7.96. The summed E-state index contributed by atoms with van der Waals surface area (Å²) < 4.78 is 17.2. The van der Waals surface area contributed by atoms with Gasteiger partial charge in [0.1, 0.15) is 0 Å². The van der Waals surface area contributed by atoms with Gasteiger partial charge in [-0.2, -0.15) is 0 Å². The molecule has 1 saturated heterocycles. The zero-order valence-electron chi connectivity index (χ0n) is 15.0. The monoisotopic (exact) mass is 319 g/mol. The average Bonchev–Trinajstić information content (AvgIpc) is 2.56. The van der Waals surface area contributed by atoms with Gasteiger partial charge >= 0.3 is 13.2 Å². The molecule has 1 amide bonds. The number of benzene rings is 1. The number of rotatable bonds is 3. The Labute approximate surface area is 138 Å². The molecule has 1 aliphatic rings. The van der Waals surface area contributed by atoms with Crippen LogP contribution >= 0.6 is 0 Å². The predicted octanol–water partition coefficient (Wildman–Crippen LogP) is 3.25. The second-order valence-electron chi connectivity index (χ2n) is 7.24. The molecule has 6 heteroatoms. The first kappa shape index (κ1) is 17.8. The molecule has 1 aromatic carbocycles. The maximum Gasteiger partial charge on any atom is 0.495 e. The Kier molecular flexibility index (Phi) is 4.78. The number of aryl methyl sites for hydroxylation is 1. The summed E-state index contributed by atoms with van der Waals surface area (Å²) in [4.78, 5) is 11.7. The number of nitrogens with one attached hydrogen (secondary N) is 1. The van der Waals surface area contributed by atoms with Gasteiger partial charge in [0.25, 0.3) is 0 Å². The molecule has 1 aromatic rings. The van der Waals surface area contributed by atoms with Crippen molar-refractivity contribution in [2.45, 2.75) is 65.8 Å². The first-order valence-electron chi connectivity index (χ1n) is 7.96. The SMILES string of the molecule is Cc1cc(NC(=O)OC(C)C)ccc1B1OC(C)(C)C(C)(C)O1. The van der Waals surface area contributed by atoms with Crippen LogP contribution in [0.5, 0.6) is 0 Å². The fourth-order valence-electron chi connectivity index (χ4n) is 2.35. The number of hydrogen-bond acceptors (Lipinski definition) is 4.